The Kier molecular flexibility index (Phi) is 24.2. The third kappa shape index (κ3) is 20.9. The molecule has 8 amide bonds. The molecular weight excluding hydrogens is 923 g/mol. The lowest BCUT2D eigenvalue weighted by atomic mass is 10.00. The number of rotatable bonds is 30. The Balaban J connectivity index is 2.45. The van der Waals surface area contributed by atoms with E-state index < -0.39 is 134 Å². The summed E-state index contributed by atoms with van der Waals surface area (Å²) < 4.78 is 0. The normalized spacial score (nSPS) is 14.5. The Morgan fingerprint density at radius 2 is 0.814 bits per heavy atom. The minimum Gasteiger partial charge on any atom is -0.508 e. The largest absolute Gasteiger partial charge is 0.508 e. The van der Waals surface area contributed by atoms with Gasteiger partial charge in [0.25, 0.3) is 0 Å². The molecule has 0 aromatic heterocycles. The summed E-state index contributed by atoms with van der Waals surface area (Å²) in [6, 6.07) is -2.29. The number of amides is 8. The second kappa shape index (κ2) is 28.8. The van der Waals surface area contributed by atoms with Crippen LogP contribution in [0.3, 0.4) is 0 Å². The fraction of sp³-hybridized carbons (Fsp3) is 0.511. The highest BCUT2D eigenvalue weighted by atomic mass is 16.4. The zero-order valence-corrected chi connectivity index (χ0v) is 39.2. The minimum atomic E-state index is -1.99. The predicted molar refractivity (Wildman–Crippen MR) is 247 cm³/mol. The van der Waals surface area contributed by atoms with Gasteiger partial charge < -0.3 is 79.3 Å². The molecule has 0 heterocycles. The van der Waals surface area contributed by atoms with Crippen molar-refractivity contribution >= 4 is 59.2 Å². The number of phenolic OH excluding ortho intramolecular Hbond substituents is 2. The highest BCUT2D eigenvalue weighted by Gasteiger charge is 2.35. The molecule has 25 nitrogen and oxygen atoms in total. The molecule has 0 saturated carbocycles. The van der Waals surface area contributed by atoms with Crippen LogP contribution < -0.4 is 48.7 Å². The van der Waals surface area contributed by atoms with E-state index >= 15 is 0 Å². The van der Waals surface area contributed by atoms with E-state index in [1.54, 1.807) is 27.7 Å². The van der Waals surface area contributed by atoms with Crippen LogP contribution in [0.2, 0.25) is 0 Å². The lowest BCUT2D eigenvalue weighted by Gasteiger charge is -2.27. The zero-order chi connectivity index (χ0) is 52.8. The first-order valence-corrected chi connectivity index (χ1v) is 22.2. The molecule has 2 aromatic carbocycles. The summed E-state index contributed by atoms with van der Waals surface area (Å²) in [4.78, 5) is 130. The van der Waals surface area contributed by atoms with Gasteiger partial charge in [-0.2, -0.15) is 0 Å². The molecule has 8 atom stereocenters. The number of nitrogens with two attached hydrogens (primary N) is 2. The minimum absolute atomic E-state index is 0.0142. The van der Waals surface area contributed by atoms with Crippen LogP contribution in [-0.4, -0.2) is 151 Å². The fourth-order valence-electron chi connectivity index (χ4n) is 6.66. The molecule has 25 heteroatoms. The molecule has 0 aliphatic heterocycles. The number of benzene rings is 2. The molecule has 0 radical (unpaired) electrons. The molecule has 2 aromatic rings. The van der Waals surface area contributed by atoms with E-state index in [1.807, 2.05) is 0 Å². The van der Waals surface area contributed by atoms with Crippen LogP contribution in [0.15, 0.2) is 48.5 Å². The summed E-state index contributed by atoms with van der Waals surface area (Å²) in [7, 11) is 0. The topological polar surface area (TPSA) is 428 Å². The van der Waals surface area contributed by atoms with Crippen LogP contribution in [0.25, 0.3) is 0 Å². The van der Waals surface area contributed by atoms with Gasteiger partial charge in [0.2, 0.25) is 47.3 Å². The van der Waals surface area contributed by atoms with Crippen LogP contribution in [0.1, 0.15) is 70.9 Å². The smallest absolute Gasteiger partial charge is 0.326 e. The molecular formula is C45H65N9O16. The number of carboxylic acid groups (broad SMARTS) is 2. The van der Waals surface area contributed by atoms with E-state index in [9.17, 15) is 78.6 Å². The third-order valence-electron chi connectivity index (χ3n) is 10.4. The second-order valence-corrected chi connectivity index (χ2v) is 17.3. The van der Waals surface area contributed by atoms with Gasteiger partial charge in [0.05, 0.1) is 25.7 Å². The van der Waals surface area contributed by atoms with E-state index in [1.165, 1.54) is 48.5 Å². The van der Waals surface area contributed by atoms with Crippen molar-refractivity contribution in [3.05, 3.63) is 59.7 Å². The molecule has 0 bridgehead atoms. The Bertz CT molecular complexity index is 2140. The third-order valence-corrected chi connectivity index (χ3v) is 10.4. The number of nitrogens with one attached hydrogen (secondary N) is 7. The maximum atomic E-state index is 14.0. The second-order valence-electron chi connectivity index (χ2n) is 17.3. The molecule has 0 aliphatic carbocycles. The van der Waals surface area contributed by atoms with Crippen molar-refractivity contribution in [1.82, 2.24) is 37.2 Å². The lowest BCUT2D eigenvalue weighted by Crippen LogP contribution is -2.61. The van der Waals surface area contributed by atoms with Crippen molar-refractivity contribution in [2.24, 2.45) is 23.3 Å². The lowest BCUT2D eigenvalue weighted by molar-refractivity contribution is -0.143. The van der Waals surface area contributed by atoms with Crippen molar-refractivity contribution in [1.29, 1.82) is 0 Å². The number of aliphatic hydroxyl groups excluding tert-OH is 2. The average Bonchev–Trinajstić information content (AvgIpc) is 3.28. The summed E-state index contributed by atoms with van der Waals surface area (Å²) in [5.41, 5.74) is 11.5. The standard InChI is InChI=1S/C45H65N9O16/c1-22(2)15-29(39(63)52-33(45(69)70)16-23(3)4)48-44(68)35(21-56)54-41(65)31(18-25-7-11-27(58)12-8-25)49-42(66)32(19-37(60)61)51-40(64)30(17-24-5-9-26(57)10-6-24)50-43(67)34(20-55)53-38(62)28(46)13-14-36(47)59/h5-12,22-23,28-35,55-58H,13-21,46H2,1-4H3,(H2,47,59)(H,48,68)(H,49,66)(H,50,67)(H,51,64)(H,52,63)(H,53,62)(H,54,65)(H,60,61)(H,69,70)/t28-,29-,30-,31-,32-,33-,34-,35-/m0/s1. The van der Waals surface area contributed by atoms with Gasteiger partial charge in [-0.15, -0.1) is 0 Å². The summed E-state index contributed by atoms with van der Waals surface area (Å²) in [6.07, 6.45) is -2.26. The first-order valence-electron chi connectivity index (χ1n) is 22.2. The van der Waals surface area contributed by atoms with Gasteiger partial charge in [0.15, 0.2) is 0 Å². The van der Waals surface area contributed by atoms with E-state index in [0.717, 1.165) is 0 Å². The maximum absolute atomic E-state index is 14.0. The summed E-state index contributed by atoms with van der Waals surface area (Å²) >= 11 is 0. The van der Waals surface area contributed by atoms with Crippen molar-refractivity contribution in [3.63, 3.8) is 0 Å². The quantitative estimate of drug-likeness (QED) is 0.0361. The average molecular weight is 988 g/mol. The Hall–Kier alpha value is -7.38. The fourth-order valence-corrected chi connectivity index (χ4v) is 6.66. The number of carbonyl (C=O) groups is 10. The number of aliphatic hydroxyl groups is 2. The Labute approximate surface area is 402 Å². The SMILES string of the molecule is CC(C)C[C@H](NC(=O)[C@H](CC(C)C)NC(=O)[C@H](CO)NC(=O)[C@H](Cc1ccc(O)cc1)NC(=O)[C@H](CC(=O)O)NC(=O)[C@H](Cc1ccc(O)cc1)NC(=O)[C@H](CO)NC(=O)[C@@H](N)CCC(N)=O)C(=O)O. The van der Waals surface area contributed by atoms with Crippen LogP contribution in [0.4, 0.5) is 0 Å². The number of carboxylic acids is 2. The number of carbonyl (C=O) groups excluding carboxylic acids is 8. The number of hydrogen-bond donors (Lipinski definition) is 15. The maximum Gasteiger partial charge on any atom is 0.326 e. The van der Waals surface area contributed by atoms with E-state index in [2.05, 4.69) is 37.2 Å². The van der Waals surface area contributed by atoms with Crippen molar-refractivity contribution in [2.45, 2.75) is 121 Å². The molecule has 17 N–H and O–H groups in total. The monoisotopic (exact) mass is 987 g/mol. The van der Waals surface area contributed by atoms with Crippen molar-refractivity contribution < 1.29 is 78.6 Å². The molecule has 0 aliphatic rings. The van der Waals surface area contributed by atoms with Gasteiger partial charge in [0, 0.05) is 19.3 Å². The molecule has 0 fully saturated rings. The van der Waals surface area contributed by atoms with Crippen LogP contribution in [0, 0.1) is 11.8 Å². The number of primary amides is 1. The zero-order valence-electron chi connectivity index (χ0n) is 39.2. The summed E-state index contributed by atoms with van der Waals surface area (Å²) in [5.74, 6) is -12.0. The number of phenols is 2. The Morgan fingerprint density at radius 3 is 1.20 bits per heavy atom. The first-order chi connectivity index (χ1) is 32.8. The van der Waals surface area contributed by atoms with Gasteiger partial charge in [-0.3, -0.25) is 43.2 Å². The van der Waals surface area contributed by atoms with Gasteiger partial charge in [-0.1, -0.05) is 52.0 Å². The first kappa shape index (κ1) is 58.7. The van der Waals surface area contributed by atoms with Gasteiger partial charge >= 0.3 is 11.9 Å². The Morgan fingerprint density at radius 1 is 0.486 bits per heavy atom. The molecule has 0 unspecified atom stereocenters. The van der Waals surface area contributed by atoms with E-state index in [-0.39, 0.29) is 55.4 Å². The number of hydrogen-bond acceptors (Lipinski definition) is 15. The van der Waals surface area contributed by atoms with Crippen LogP contribution in [-0.2, 0) is 60.8 Å². The number of aromatic hydroxyl groups is 2. The van der Waals surface area contributed by atoms with Crippen molar-refractivity contribution in [2.75, 3.05) is 13.2 Å². The summed E-state index contributed by atoms with van der Waals surface area (Å²) in [6.45, 7) is 4.90. The molecule has 0 saturated heterocycles. The van der Waals surface area contributed by atoms with Crippen LogP contribution >= 0.6 is 0 Å². The summed E-state index contributed by atoms with van der Waals surface area (Å²) in [5, 5.41) is 75.7. The van der Waals surface area contributed by atoms with Crippen molar-refractivity contribution in [3.8, 4) is 11.5 Å². The van der Waals surface area contributed by atoms with E-state index in [0.29, 0.717) is 11.1 Å². The van der Waals surface area contributed by atoms with E-state index in [4.69, 9.17) is 11.5 Å². The molecule has 70 heavy (non-hydrogen) atoms. The predicted octanol–water partition coefficient (Wildman–Crippen LogP) is -3.49. The highest BCUT2D eigenvalue weighted by molar-refractivity contribution is 5.98. The highest BCUT2D eigenvalue weighted by Crippen LogP contribution is 2.15. The molecule has 386 valence electrons. The van der Waals surface area contributed by atoms with Gasteiger partial charge in [0.1, 0.15) is 53.8 Å². The molecule has 2 rings (SSSR count). The molecule has 0 spiro atoms. The van der Waals surface area contributed by atoms with Gasteiger partial charge in [-0.25, -0.2) is 4.79 Å². The van der Waals surface area contributed by atoms with Gasteiger partial charge in [-0.05, 0) is 66.5 Å². The van der Waals surface area contributed by atoms with Crippen LogP contribution in [0.5, 0.6) is 11.5 Å². The number of aliphatic carboxylic acids is 2.